The van der Waals surface area contributed by atoms with Crippen molar-refractivity contribution in [2.75, 3.05) is 26.2 Å². The predicted octanol–water partition coefficient (Wildman–Crippen LogP) is 3.06. The highest BCUT2D eigenvalue weighted by atomic mass is 16.5. The molecule has 2 aromatic rings. The van der Waals surface area contributed by atoms with Gasteiger partial charge in [0.1, 0.15) is 25.0 Å². The van der Waals surface area contributed by atoms with Crippen molar-refractivity contribution in [3.63, 3.8) is 0 Å². The maximum absolute atomic E-state index is 10.3. The maximum atomic E-state index is 10.3. The molecule has 1 atom stereocenters. The van der Waals surface area contributed by atoms with Crippen LogP contribution in [0.1, 0.15) is 39.5 Å². The number of hydrogen-bond donors (Lipinski definition) is 2. The zero-order chi connectivity index (χ0) is 17.2. The van der Waals surface area contributed by atoms with Crippen LogP contribution in [0.15, 0.2) is 42.5 Å². The largest absolute Gasteiger partial charge is 0.491 e. The maximum Gasteiger partial charge on any atom is 0.137 e. The summed E-state index contributed by atoms with van der Waals surface area (Å²) in [6.45, 7) is 7.86. The Morgan fingerprint density at radius 3 is 2.29 bits per heavy atom. The number of quaternary nitrogens is 1. The lowest BCUT2D eigenvalue weighted by atomic mass is 10.1. The molecule has 0 amide bonds. The number of hydrogen-bond acceptors (Lipinski definition) is 2. The van der Waals surface area contributed by atoms with Crippen molar-refractivity contribution < 1.29 is 14.7 Å². The van der Waals surface area contributed by atoms with Gasteiger partial charge in [-0.1, -0.05) is 57.0 Å². The number of nitrogens with one attached hydrogen (secondary N) is 1. The number of rotatable bonds is 11. The van der Waals surface area contributed by atoms with E-state index in [-0.39, 0.29) is 0 Å². The molecule has 2 rings (SSSR count). The Labute approximate surface area is 146 Å². The molecule has 0 radical (unpaired) electrons. The third-order valence-electron chi connectivity index (χ3n) is 4.46. The fourth-order valence-electron chi connectivity index (χ4n) is 3.02. The fraction of sp³-hybridized carbons (Fsp3) is 0.524. The first-order valence-corrected chi connectivity index (χ1v) is 9.36. The molecule has 0 unspecified atom stereocenters. The van der Waals surface area contributed by atoms with E-state index in [1.807, 2.05) is 24.3 Å². The summed E-state index contributed by atoms with van der Waals surface area (Å²) in [5, 5.41) is 12.7. The Morgan fingerprint density at radius 2 is 1.62 bits per heavy atom. The SMILES string of the molecule is CCCC[NH+](CCCC)C[C@H](O)COc1ccc2ccccc2c1. The molecule has 0 aliphatic heterocycles. The minimum absolute atomic E-state index is 0.361. The minimum atomic E-state index is -0.416. The van der Waals surface area contributed by atoms with Gasteiger partial charge >= 0.3 is 0 Å². The Balaban J connectivity index is 1.84. The summed E-state index contributed by atoms with van der Waals surface area (Å²) in [7, 11) is 0. The summed E-state index contributed by atoms with van der Waals surface area (Å²) in [6.07, 6.45) is 4.44. The lowest BCUT2D eigenvalue weighted by molar-refractivity contribution is -0.903. The van der Waals surface area contributed by atoms with Gasteiger partial charge in [-0.3, -0.25) is 0 Å². The molecular weight excluding hydrogens is 298 g/mol. The quantitative estimate of drug-likeness (QED) is 0.664. The van der Waals surface area contributed by atoms with Gasteiger partial charge in [0.15, 0.2) is 0 Å². The van der Waals surface area contributed by atoms with E-state index in [4.69, 9.17) is 4.74 Å². The number of aliphatic hydroxyl groups excluding tert-OH is 1. The number of fused-ring (bicyclic) bond motifs is 1. The lowest BCUT2D eigenvalue weighted by Gasteiger charge is -2.22. The molecule has 0 saturated heterocycles. The average Bonchev–Trinajstić information content (AvgIpc) is 2.62. The Hall–Kier alpha value is -1.58. The highest BCUT2D eigenvalue weighted by Crippen LogP contribution is 2.20. The molecule has 0 bridgehead atoms. The van der Waals surface area contributed by atoms with Gasteiger partial charge in [0.2, 0.25) is 0 Å². The predicted molar refractivity (Wildman–Crippen MR) is 101 cm³/mol. The lowest BCUT2D eigenvalue weighted by Crippen LogP contribution is -3.13. The van der Waals surface area contributed by atoms with Crippen LogP contribution in [0.5, 0.6) is 5.75 Å². The van der Waals surface area contributed by atoms with E-state index < -0.39 is 6.10 Å². The zero-order valence-corrected chi connectivity index (χ0v) is 15.1. The molecule has 132 valence electrons. The van der Waals surface area contributed by atoms with E-state index in [0.29, 0.717) is 6.61 Å². The Morgan fingerprint density at radius 1 is 0.958 bits per heavy atom. The van der Waals surface area contributed by atoms with Crippen molar-refractivity contribution in [1.82, 2.24) is 0 Å². The van der Waals surface area contributed by atoms with Gasteiger partial charge < -0.3 is 14.7 Å². The molecular formula is C21H32NO2+. The smallest absolute Gasteiger partial charge is 0.137 e. The first-order chi connectivity index (χ1) is 11.7. The second kappa shape index (κ2) is 10.3. The topological polar surface area (TPSA) is 33.9 Å². The van der Waals surface area contributed by atoms with Crippen molar-refractivity contribution in [3.05, 3.63) is 42.5 Å². The van der Waals surface area contributed by atoms with Gasteiger partial charge in [-0.05, 0) is 35.7 Å². The third kappa shape index (κ3) is 6.14. The first kappa shape index (κ1) is 18.8. The second-order valence-electron chi connectivity index (χ2n) is 6.64. The Bertz CT molecular complexity index is 591. The van der Waals surface area contributed by atoms with Crippen LogP contribution in [0.2, 0.25) is 0 Å². The van der Waals surface area contributed by atoms with Gasteiger partial charge in [-0.15, -0.1) is 0 Å². The van der Waals surface area contributed by atoms with E-state index in [2.05, 4.69) is 32.0 Å². The van der Waals surface area contributed by atoms with E-state index in [1.165, 1.54) is 41.4 Å². The molecule has 3 heteroatoms. The number of aliphatic hydroxyl groups is 1. The number of unbranched alkanes of at least 4 members (excludes halogenated alkanes) is 2. The molecule has 24 heavy (non-hydrogen) atoms. The average molecular weight is 330 g/mol. The summed E-state index contributed by atoms with van der Waals surface area (Å²) < 4.78 is 5.82. The van der Waals surface area contributed by atoms with Crippen molar-refractivity contribution in [2.45, 2.75) is 45.6 Å². The van der Waals surface area contributed by atoms with Gasteiger partial charge in [0.05, 0.1) is 13.1 Å². The fourth-order valence-corrected chi connectivity index (χ4v) is 3.02. The standard InChI is InChI=1S/C21H31NO2/c1-3-5-13-22(14-6-4-2)16-20(23)17-24-21-12-11-18-9-7-8-10-19(18)15-21/h7-12,15,20,23H,3-6,13-14,16-17H2,1-2H3/p+1/t20-/m0/s1. The molecule has 0 saturated carbocycles. The van der Waals surface area contributed by atoms with Crippen LogP contribution in [0.4, 0.5) is 0 Å². The van der Waals surface area contributed by atoms with E-state index in [0.717, 1.165) is 25.4 Å². The highest BCUT2D eigenvalue weighted by molar-refractivity contribution is 5.83. The molecule has 0 aliphatic carbocycles. The van der Waals surface area contributed by atoms with Crippen LogP contribution in [-0.2, 0) is 0 Å². The molecule has 0 spiro atoms. The molecule has 3 nitrogen and oxygen atoms in total. The zero-order valence-electron chi connectivity index (χ0n) is 15.1. The van der Waals surface area contributed by atoms with Crippen molar-refractivity contribution >= 4 is 10.8 Å². The second-order valence-corrected chi connectivity index (χ2v) is 6.64. The van der Waals surface area contributed by atoms with Crippen LogP contribution < -0.4 is 9.64 Å². The number of ether oxygens (including phenoxy) is 1. The summed E-state index contributed by atoms with van der Waals surface area (Å²) in [5.74, 6) is 0.830. The van der Waals surface area contributed by atoms with Crippen LogP contribution >= 0.6 is 0 Å². The van der Waals surface area contributed by atoms with Crippen molar-refractivity contribution in [1.29, 1.82) is 0 Å². The van der Waals surface area contributed by atoms with Gasteiger partial charge in [-0.2, -0.15) is 0 Å². The normalized spacial score (nSPS) is 12.7. The van der Waals surface area contributed by atoms with Crippen molar-refractivity contribution in [2.24, 2.45) is 0 Å². The van der Waals surface area contributed by atoms with Gasteiger partial charge in [0.25, 0.3) is 0 Å². The number of benzene rings is 2. The van der Waals surface area contributed by atoms with Gasteiger partial charge in [-0.25, -0.2) is 0 Å². The van der Waals surface area contributed by atoms with Crippen LogP contribution in [0.3, 0.4) is 0 Å². The van der Waals surface area contributed by atoms with Crippen LogP contribution in [-0.4, -0.2) is 37.5 Å². The van der Waals surface area contributed by atoms with E-state index in [9.17, 15) is 5.11 Å². The molecule has 0 aliphatic rings. The Kier molecular flexibility index (Phi) is 8.06. The molecule has 2 aromatic carbocycles. The van der Waals surface area contributed by atoms with E-state index in [1.54, 1.807) is 0 Å². The van der Waals surface area contributed by atoms with E-state index >= 15 is 0 Å². The monoisotopic (exact) mass is 330 g/mol. The van der Waals surface area contributed by atoms with Crippen LogP contribution in [0.25, 0.3) is 10.8 Å². The summed E-state index contributed by atoms with van der Waals surface area (Å²) >= 11 is 0. The van der Waals surface area contributed by atoms with Crippen LogP contribution in [0, 0.1) is 0 Å². The summed E-state index contributed by atoms with van der Waals surface area (Å²) in [4.78, 5) is 1.49. The van der Waals surface area contributed by atoms with Crippen molar-refractivity contribution in [3.8, 4) is 5.75 Å². The summed E-state index contributed by atoms with van der Waals surface area (Å²) in [6, 6.07) is 14.3. The third-order valence-corrected chi connectivity index (χ3v) is 4.46. The van der Waals surface area contributed by atoms with Gasteiger partial charge in [0, 0.05) is 0 Å². The first-order valence-electron chi connectivity index (χ1n) is 9.36. The summed E-state index contributed by atoms with van der Waals surface area (Å²) in [5.41, 5.74) is 0. The highest BCUT2D eigenvalue weighted by Gasteiger charge is 2.15. The molecule has 0 aromatic heterocycles. The molecule has 0 heterocycles. The molecule has 2 N–H and O–H groups in total. The molecule has 0 fully saturated rings. The minimum Gasteiger partial charge on any atom is -0.491 e.